The third-order valence-electron chi connectivity index (χ3n) is 8.03. The molecule has 0 aliphatic heterocycles. The molecule has 2 heterocycles. The number of ether oxygens (including phenoxy) is 6. The molecule has 0 spiro atoms. The lowest BCUT2D eigenvalue weighted by Crippen LogP contribution is -2.35. The molecule has 2 aromatic carbocycles. The van der Waals surface area contributed by atoms with Crippen LogP contribution >= 0.6 is 0 Å². The highest BCUT2D eigenvalue weighted by molar-refractivity contribution is 5.91. The van der Waals surface area contributed by atoms with Crippen LogP contribution in [0.15, 0.2) is 99.2 Å². The summed E-state index contributed by atoms with van der Waals surface area (Å²) in [5, 5.41) is 33.5. The zero-order chi connectivity index (χ0) is 49.6. The summed E-state index contributed by atoms with van der Waals surface area (Å²) in [6, 6.07) is 14.6. The minimum Gasteiger partial charge on any atom is -0.490 e. The number of aliphatic hydroxyl groups excluding tert-OH is 1. The Hall–Kier alpha value is -8.34. The maximum absolute atomic E-state index is 12.7. The fourth-order valence-corrected chi connectivity index (χ4v) is 5.13. The number of nitro groups is 2. The number of nitrogens with one attached hydrogen (secondary N) is 1. The Morgan fingerprint density at radius 2 is 1.20 bits per heavy atom. The summed E-state index contributed by atoms with van der Waals surface area (Å²) in [4.78, 5) is 61.6. The van der Waals surface area contributed by atoms with Crippen molar-refractivity contribution in [2.45, 2.75) is 61.8 Å². The number of nitrogens with zero attached hydrogens (tertiary/aromatic N) is 7. The van der Waals surface area contributed by atoms with Crippen LogP contribution in [0.2, 0.25) is 0 Å². The van der Waals surface area contributed by atoms with E-state index < -0.39 is 45.0 Å². The molecule has 6 N–H and O–H groups in total. The van der Waals surface area contributed by atoms with Crippen molar-refractivity contribution >= 4 is 46.8 Å². The average molecular weight is 981 g/mol. The largest absolute Gasteiger partial charge is 0.490 e. The van der Waals surface area contributed by atoms with Crippen LogP contribution in [0.25, 0.3) is 0 Å². The van der Waals surface area contributed by atoms with Gasteiger partial charge < -0.3 is 45.0 Å². The van der Waals surface area contributed by atoms with Gasteiger partial charge in [-0.1, -0.05) is 84.0 Å². The van der Waals surface area contributed by atoms with E-state index in [0.29, 0.717) is 44.6 Å². The number of amides is 2. The van der Waals surface area contributed by atoms with E-state index in [-0.39, 0.29) is 85.5 Å². The van der Waals surface area contributed by atoms with Gasteiger partial charge in [-0.05, 0) is 74.9 Å². The van der Waals surface area contributed by atoms with Crippen molar-refractivity contribution in [3.8, 4) is 23.5 Å². The van der Waals surface area contributed by atoms with E-state index in [1.54, 1.807) is 56.4 Å². The third kappa shape index (κ3) is 22.4. The first-order chi connectivity index (χ1) is 32.3. The molecular weight excluding hydrogens is 913 g/mol. The monoisotopic (exact) mass is 980 g/mol. The lowest BCUT2D eigenvalue weighted by molar-refractivity contribution is -0.383. The number of nitrogens with two attached hydrogens (primary N) is 2. The average Bonchev–Trinajstić information content (AvgIpc) is 3.28. The van der Waals surface area contributed by atoms with Crippen LogP contribution in [0.4, 0.5) is 44.2 Å². The molecule has 70 heavy (non-hydrogen) atoms. The van der Waals surface area contributed by atoms with Gasteiger partial charge in [0.1, 0.15) is 24.7 Å². The second-order valence-electron chi connectivity index (χ2n) is 12.9. The van der Waals surface area contributed by atoms with Crippen LogP contribution in [-0.2, 0) is 22.3 Å². The SMILES string of the molecule is C.C.C.C=CCCOc1nc(N)c([N+](=O)[O-])c(N(CCc2cccc(OCC=C)c2)C(=O)OCC)n1.C=CCCOc1nc(N)c([N+](=O)[O-])c(NC(=O)OCC)n1.C=CCOc1cccc(CCO)c1. The fourth-order valence-electron chi connectivity index (χ4n) is 5.13. The predicted octanol–water partition coefficient (Wildman–Crippen LogP) is 8.88. The molecule has 0 aliphatic rings. The van der Waals surface area contributed by atoms with E-state index in [1.165, 1.54) is 0 Å². The van der Waals surface area contributed by atoms with Crippen molar-refractivity contribution in [1.29, 1.82) is 0 Å². The minimum atomic E-state index is -0.893. The molecule has 2 amide bonds. The predicted molar refractivity (Wildman–Crippen MR) is 271 cm³/mol. The van der Waals surface area contributed by atoms with E-state index in [0.717, 1.165) is 21.8 Å². The van der Waals surface area contributed by atoms with Gasteiger partial charge in [-0.3, -0.25) is 30.4 Å². The lowest BCUT2D eigenvalue weighted by Gasteiger charge is -2.21. The molecule has 0 fully saturated rings. The topological polar surface area (TPSA) is 315 Å². The number of hydrogen-bond donors (Lipinski definition) is 4. The van der Waals surface area contributed by atoms with Gasteiger partial charge >= 0.3 is 35.6 Å². The fraction of sp³-hybridized carbons (Fsp3) is 0.362. The number of aromatic nitrogens is 4. The summed E-state index contributed by atoms with van der Waals surface area (Å²) in [7, 11) is 0. The zero-order valence-electron chi connectivity index (χ0n) is 37.4. The Morgan fingerprint density at radius 3 is 1.66 bits per heavy atom. The number of anilines is 4. The first-order valence-electron chi connectivity index (χ1n) is 20.5. The summed E-state index contributed by atoms with van der Waals surface area (Å²) < 4.78 is 31.2. The van der Waals surface area contributed by atoms with Gasteiger partial charge in [-0.2, -0.15) is 19.9 Å². The van der Waals surface area contributed by atoms with Gasteiger partial charge in [0.2, 0.25) is 23.3 Å². The van der Waals surface area contributed by atoms with Gasteiger partial charge in [0.05, 0.1) is 36.3 Å². The maximum atomic E-state index is 12.7. The molecule has 23 nitrogen and oxygen atoms in total. The van der Waals surface area contributed by atoms with Crippen LogP contribution in [0.3, 0.4) is 0 Å². The first kappa shape index (κ1) is 63.7. The van der Waals surface area contributed by atoms with Gasteiger partial charge in [0, 0.05) is 13.2 Å². The van der Waals surface area contributed by atoms with Crippen LogP contribution < -0.4 is 40.6 Å². The van der Waals surface area contributed by atoms with Gasteiger partial charge in [0.25, 0.3) is 0 Å². The van der Waals surface area contributed by atoms with Crippen molar-refractivity contribution in [3.63, 3.8) is 0 Å². The summed E-state index contributed by atoms with van der Waals surface area (Å²) in [5.74, 6) is -0.0857. The van der Waals surface area contributed by atoms with Gasteiger partial charge in [0.15, 0.2) is 0 Å². The molecule has 0 atom stereocenters. The van der Waals surface area contributed by atoms with E-state index in [2.05, 4.69) is 56.3 Å². The maximum Gasteiger partial charge on any atom is 0.415 e. The van der Waals surface area contributed by atoms with Gasteiger partial charge in [-0.25, -0.2) is 9.59 Å². The highest BCUT2D eigenvalue weighted by Crippen LogP contribution is 2.34. The van der Waals surface area contributed by atoms with Crippen molar-refractivity contribution < 1.29 is 53.0 Å². The first-order valence-corrected chi connectivity index (χ1v) is 20.5. The normalized spacial score (nSPS) is 9.53. The Morgan fingerprint density at radius 1 is 0.714 bits per heavy atom. The highest BCUT2D eigenvalue weighted by atomic mass is 16.6. The molecule has 23 heteroatoms. The summed E-state index contributed by atoms with van der Waals surface area (Å²) in [6.45, 7) is 19.1. The number of rotatable bonds is 25. The Labute approximate surface area is 409 Å². The number of nitrogen functional groups attached to an aromatic ring is 2. The molecule has 2 aromatic heterocycles. The van der Waals surface area contributed by atoms with Crippen LogP contribution in [0.5, 0.6) is 23.5 Å². The molecule has 0 aliphatic carbocycles. The van der Waals surface area contributed by atoms with E-state index in [9.17, 15) is 29.8 Å². The number of benzene rings is 2. The molecule has 0 radical (unpaired) electrons. The minimum absolute atomic E-state index is 0. The molecular formula is C47H68N10O13. The van der Waals surface area contributed by atoms with Crippen LogP contribution in [0.1, 0.15) is 60.1 Å². The summed E-state index contributed by atoms with van der Waals surface area (Å²) in [6.07, 6.45) is 6.91. The zero-order valence-corrected chi connectivity index (χ0v) is 37.4. The molecule has 0 saturated carbocycles. The standard InChI is InChI=1S/C22H27N5O6.C11H15N5O5.C11H14O2.3CH4/c1-4-7-14-33-21-24-19(23)18(27(29)30)20(25-21)26(22(28)31-6-3)12-11-16-9-8-10-17(15-16)32-13-5-2;1-3-5-6-21-10-13-8(12)7(16(18)19)9(14-10)15-11(17)20-4-2;1-2-8-13-11-5-3-4-10(9-11)6-7-12;;;/h4-5,8-10,15H,1-2,6-7,11-14H2,3H3,(H2,23,24,25);3H,1,4-6H2,2H3,(H3,12,13,14,15,17);2-5,9,12H,1,6-8H2;3*1H4. The number of aliphatic hydroxyl groups is 1. The Balaban J connectivity index is 0. The summed E-state index contributed by atoms with van der Waals surface area (Å²) in [5.41, 5.74) is 12.0. The number of carbonyl (C=O) groups is 2. The van der Waals surface area contributed by atoms with E-state index in [4.69, 9.17) is 40.3 Å². The van der Waals surface area contributed by atoms with Crippen molar-refractivity contribution in [2.75, 3.05) is 74.5 Å². The second kappa shape index (κ2) is 35.8. The van der Waals surface area contributed by atoms with Gasteiger partial charge in [-0.15, -0.1) is 13.2 Å². The molecule has 4 rings (SSSR count). The van der Waals surface area contributed by atoms with E-state index in [1.807, 2.05) is 30.3 Å². The molecule has 0 bridgehead atoms. The number of hydrogen-bond acceptors (Lipinski definition) is 19. The summed E-state index contributed by atoms with van der Waals surface area (Å²) >= 11 is 0. The molecule has 0 unspecified atom stereocenters. The quantitative estimate of drug-likeness (QED) is 0.0208. The Bertz CT molecular complexity index is 2280. The Kier molecular flexibility index (Phi) is 32.6. The number of carbonyl (C=O) groups excluding carboxylic acids is 2. The molecule has 4 aromatic rings. The smallest absolute Gasteiger partial charge is 0.415 e. The molecule has 0 saturated heterocycles. The van der Waals surface area contributed by atoms with Crippen molar-refractivity contribution in [3.05, 3.63) is 131 Å². The van der Waals surface area contributed by atoms with Crippen molar-refractivity contribution in [1.82, 2.24) is 19.9 Å². The second-order valence-corrected chi connectivity index (χ2v) is 12.9. The van der Waals surface area contributed by atoms with Crippen LogP contribution in [0, 0.1) is 20.2 Å². The molecule has 384 valence electrons. The van der Waals surface area contributed by atoms with E-state index >= 15 is 0 Å². The highest BCUT2D eigenvalue weighted by Gasteiger charge is 2.32. The third-order valence-corrected chi connectivity index (χ3v) is 8.03. The lowest BCUT2D eigenvalue weighted by atomic mass is 10.1. The van der Waals surface area contributed by atoms with Crippen molar-refractivity contribution in [2.24, 2.45) is 0 Å². The van der Waals surface area contributed by atoms with Crippen LogP contribution in [-0.4, -0.2) is 99.9 Å².